The minimum absolute atomic E-state index is 0.216. The van der Waals surface area contributed by atoms with Gasteiger partial charge in [0.1, 0.15) is 0 Å². The Kier molecular flexibility index (Phi) is 3.06. The fourth-order valence-corrected chi connectivity index (χ4v) is 2.21. The molecule has 3 atom stereocenters. The lowest BCUT2D eigenvalue weighted by atomic mass is 9.89. The highest BCUT2D eigenvalue weighted by atomic mass is 35.5. The molecular weight excluding hydrogens is 167 g/mol. The van der Waals surface area contributed by atoms with Crippen molar-refractivity contribution >= 4 is 23.2 Å². The number of rotatable bonds is 1. The van der Waals surface area contributed by atoms with Gasteiger partial charge >= 0.3 is 0 Å². The first-order valence-corrected chi connectivity index (χ1v) is 4.52. The molecule has 0 aromatic carbocycles. The molecule has 0 aromatic heterocycles. The lowest BCUT2D eigenvalue weighted by molar-refractivity contribution is 0.432. The standard InChI is InChI=1S/C8H12Cl2/c1-2-6-3-4-7(9)5-8(6)10/h2,6-8H,1,3-5H2. The van der Waals surface area contributed by atoms with Crippen LogP contribution < -0.4 is 0 Å². The lowest BCUT2D eigenvalue weighted by Gasteiger charge is -2.27. The zero-order chi connectivity index (χ0) is 7.56. The molecule has 58 valence electrons. The third kappa shape index (κ3) is 1.90. The van der Waals surface area contributed by atoms with Crippen molar-refractivity contribution in [2.75, 3.05) is 0 Å². The Labute approximate surface area is 72.2 Å². The van der Waals surface area contributed by atoms with Gasteiger partial charge in [0.05, 0.1) is 0 Å². The van der Waals surface area contributed by atoms with Crippen molar-refractivity contribution in [2.45, 2.75) is 30.0 Å². The van der Waals surface area contributed by atoms with Gasteiger partial charge in [-0.1, -0.05) is 6.08 Å². The van der Waals surface area contributed by atoms with E-state index in [9.17, 15) is 0 Å². The molecule has 1 aliphatic rings. The third-order valence-electron chi connectivity index (χ3n) is 2.06. The molecule has 1 fully saturated rings. The van der Waals surface area contributed by atoms with Crippen LogP contribution in [0.5, 0.6) is 0 Å². The highest BCUT2D eigenvalue weighted by Crippen LogP contribution is 2.31. The molecule has 2 heteroatoms. The van der Waals surface area contributed by atoms with Crippen LogP contribution in [0.25, 0.3) is 0 Å². The quantitative estimate of drug-likeness (QED) is 0.428. The first-order valence-electron chi connectivity index (χ1n) is 3.64. The van der Waals surface area contributed by atoms with E-state index in [1.807, 2.05) is 6.08 Å². The largest absolute Gasteiger partial charge is 0.123 e. The smallest absolute Gasteiger partial charge is 0.0412 e. The second kappa shape index (κ2) is 3.64. The Morgan fingerprint density at radius 2 is 2.00 bits per heavy atom. The maximum Gasteiger partial charge on any atom is 0.0412 e. The van der Waals surface area contributed by atoms with E-state index >= 15 is 0 Å². The fraction of sp³-hybridized carbons (Fsp3) is 0.750. The molecule has 0 aromatic rings. The number of halogens is 2. The van der Waals surface area contributed by atoms with E-state index in [4.69, 9.17) is 23.2 Å². The summed E-state index contributed by atoms with van der Waals surface area (Å²) >= 11 is 11.9. The lowest BCUT2D eigenvalue weighted by Crippen LogP contribution is -2.23. The van der Waals surface area contributed by atoms with Crippen LogP contribution in [0, 0.1) is 5.92 Å². The molecule has 10 heavy (non-hydrogen) atoms. The van der Waals surface area contributed by atoms with Crippen molar-refractivity contribution in [3.05, 3.63) is 12.7 Å². The normalized spacial score (nSPS) is 41.2. The Bertz CT molecular complexity index is 122. The van der Waals surface area contributed by atoms with Crippen LogP contribution in [-0.4, -0.2) is 10.8 Å². The molecule has 0 aliphatic heterocycles. The summed E-state index contributed by atoms with van der Waals surface area (Å²) in [5.74, 6) is 0.483. The summed E-state index contributed by atoms with van der Waals surface area (Å²) in [7, 11) is 0. The Morgan fingerprint density at radius 3 is 2.50 bits per heavy atom. The van der Waals surface area contributed by atoms with E-state index in [0.717, 1.165) is 19.3 Å². The summed E-state index contributed by atoms with van der Waals surface area (Å²) in [5, 5.41) is 0.507. The van der Waals surface area contributed by atoms with Gasteiger partial charge in [0, 0.05) is 10.8 Å². The molecule has 0 nitrogen and oxygen atoms in total. The van der Waals surface area contributed by atoms with Crippen LogP contribution in [0.4, 0.5) is 0 Å². The predicted octanol–water partition coefficient (Wildman–Crippen LogP) is 3.19. The zero-order valence-corrected chi connectivity index (χ0v) is 7.41. The number of allylic oxidation sites excluding steroid dienone is 1. The summed E-state index contributed by atoms with van der Waals surface area (Å²) in [5.41, 5.74) is 0. The molecule has 0 spiro atoms. The SMILES string of the molecule is C=CC1CCC(Cl)CC1Cl. The Balaban J connectivity index is 2.43. The van der Waals surface area contributed by atoms with Crippen molar-refractivity contribution in [2.24, 2.45) is 5.92 Å². The van der Waals surface area contributed by atoms with E-state index in [-0.39, 0.29) is 5.38 Å². The van der Waals surface area contributed by atoms with Gasteiger partial charge in [-0.05, 0) is 25.2 Å². The molecule has 0 saturated heterocycles. The van der Waals surface area contributed by atoms with Gasteiger partial charge in [0.25, 0.3) is 0 Å². The van der Waals surface area contributed by atoms with Gasteiger partial charge in [0.15, 0.2) is 0 Å². The molecule has 0 heterocycles. The minimum Gasteiger partial charge on any atom is -0.123 e. The molecule has 0 N–H and O–H groups in total. The van der Waals surface area contributed by atoms with Crippen LogP contribution >= 0.6 is 23.2 Å². The molecule has 0 bridgehead atoms. The molecule has 1 rings (SSSR count). The zero-order valence-electron chi connectivity index (χ0n) is 5.89. The van der Waals surface area contributed by atoms with Crippen molar-refractivity contribution in [1.82, 2.24) is 0 Å². The van der Waals surface area contributed by atoms with Crippen molar-refractivity contribution in [1.29, 1.82) is 0 Å². The highest BCUT2D eigenvalue weighted by Gasteiger charge is 2.25. The number of alkyl halides is 2. The van der Waals surface area contributed by atoms with E-state index in [1.54, 1.807) is 0 Å². The van der Waals surface area contributed by atoms with Gasteiger partial charge in [0.2, 0.25) is 0 Å². The second-order valence-electron chi connectivity index (χ2n) is 2.83. The summed E-state index contributed by atoms with van der Waals surface area (Å²) in [6, 6.07) is 0. The number of hydrogen-bond acceptors (Lipinski definition) is 0. The van der Waals surface area contributed by atoms with Crippen molar-refractivity contribution in [3.8, 4) is 0 Å². The molecule has 1 saturated carbocycles. The second-order valence-corrected chi connectivity index (χ2v) is 4.00. The first kappa shape index (κ1) is 8.42. The Morgan fingerprint density at radius 1 is 1.30 bits per heavy atom. The van der Waals surface area contributed by atoms with Crippen LogP contribution in [0.2, 0.25) is 0 Å². The minimum atomic E-state index is 0.216. The first-order chi connectivity index (χ1) is 4.74. The van der Waals surface area contributed by atoms with Gasteiger partial charge in [-0.3, -0.25) is 0 Å². The number of hydrogen-bond donors (Lipinski definition) is 0. The average molecular weight is 179 g/mol. The third-order valence-corrected chi connectivity index (χ3v) is 2.96. The summed E-state index contributed by atoms with van der Waals surface area (Å²) in [6.45, 7) is 3.73. The van der Waals surface area contributed by atoms with Gasteiger partial charge < -0.3 is 0 Å². The van der Waals surface area contributed by atoms with Crippen molar-refractivity contribution < 1.29 is 0 Å². The molecular formula is C8H12Cl2. The summed E-state index contributed by atoms with van der Waals surface area (Å²) in [6.07, 6.45) is 5.06. The molecule has 0 amide bonds. The van der Waals surface area contributed by atoms with E-state index in [0.29, 0.717) is 11.3 Å². The maximum absolute atomic E-state index is 6.02. The molecule has 3 unspecified atom stereocenters. The van der Waals surface area contributed by atoms with E-state index in [1.165, 1.54) is 0 Å². The fourth-order valence-electron chi connectivity index (χ4n) is 1.36. The molecule has 0 radical (unpaired) electrons. The van der Waals surface area contributed by atoms with Crippen LogP contribution in [0.3, 0.4) is 0 Å². The monoisotopic (exact) mass is 178 g/mol. The van der Waals surface area contributed by atoms with Gasteiger partial charge in [-0.25, -0.2) is 0 Å². The van der Waals surface area contributed by atoms with Crippen LogP contribution in [0.1, 0.15) is 19.3 Å². The van der Waals surface area contributed by atoms with Crippen molar-refractivity contribution in [3.63, 3.8) is 0 Å². The highest BCUT2D eigenvalue weighted by molar-refractivity contribution is 6.24. The van der Waals surface area contributed by atoms with Crippen LogP contribution in [0.15, 0.2) is 12.7 Å². The predicted molar refractivity (Wildman–Crippen MR) is 46.8 cm³/mol. The van der Waals surface area contributed by atoms with Gasteiger partial charge in [-0.15, -0.1) is 29.8 Å². The van der Waals surface area contributed by atoms with E-state index in [2.05, 4.69) is 6.58 Å². The topological polar surface area (TPSA) is 0 Å². The summed E-state index contributed by atoms with van der Waals surface area (Å²) in [4.78, 5) is 0. The maximum atomic E-state index is 6.02. The van der Waals surface area contributed by atoms with E-state index < -0.39 is 0 Å². The van der Waals surface area contributed by atoms with Gasteiger partial charge in [-0.2, -0.15) is 0 Å². The summed E-state index contributed by atoms with van der Waals surface area (Å²) < 4.78 is 0. The average Bonchev–Trinajstić information content (AvgIpc) is 1.88. The molecule has 1 aliphatic carbocycles. The van der Waals surface area contributed by atoms with Crippen LogP contribution in [-0.2, 0) is 0 Å². The Hall–Kier alpha value is 0.320.